The minimum absolute atomic E-state index is 0.125. The van der Waals surface area contributed by atoms with Gasteiger partial charge in [-0.1, -0.05) is 26.0 Å². The molecule has 178 valence electrons. The van der Waals surface area contributed by atoms with Gasteiger partial charge in [0.15, 0.2) is 6.29 Å². The van der Waals surface area contributed by atoms with Crippen LogP contribution in [0.4, 0.5) is 0 Å². The van der Waals surface area contributed by atoms with Crippen molar-refractivity contribution in [3.8, 4) is 0 Å². The molecule has 0 aromatic carbocycles. The number of fused-ring (bicyclic) bond motifs is 6. The van der Waals surface area contributed by atoms with Crippen molar-refractivity contribution in [2.24, 2.45) is 0 Å². The van der Waals surface area contributed by atoms with Crippen molar-refractivity contribution in [1.82, 2.24) is 20.6 Å². The standard InChI is InChI=1S/C14H18N2O.C14H16N2O/c2*1-2-9-3-4-10(8-17)14-13(9)11-5-6-15-7-12(11)16-14/h4-6,9,15-17H,2-3,7-8H2,1H3;4-6,8-9,15-16H,2-3,7H2,1H3. The van der Waals surface area contributed by atoms with Crippen LogP contribution >= 0.6 is 0 Å². The van der Waals surface area contributed by atoms with Crippen LogP contribution in [-0.2, 0) is 17.9 Å². The number of aliphatic hydroxyl groups is 1. The highest BCUT2D eigenvalue weighted by atomic mass is 16.3. The average Bonchev–Trinajstić information content (AvgIpc) is 3.47. The van der Waals surface area contributed by atoms with Crippen molar-refractivity contribution < 1.29 is 9.90 Å². The van der Waals surface area contributed by atoms with E-state index in [4.69, 9.17) is 0 Å². The Balaban J connectivity index is 0.000000142. The third kappa shape index (κ3) is 3.76. The number of aromatic amines is 2. The van der Waals surface area contributed by atoms with E-state index in [1.807, 2.05) is 12.4 Å². The third-order valence-electron chi connectivity index (χ3n) is 7.59. The number of H-pyrrole nitrogens is 2. The molecule has 0 saturated carbocycles. The van der Waals surface area contributed by atoms with Crippen molar-refractivity contribution in [2.45, 2.75) is 64.5 Å². The monoisotopic (exact) mass is 458 g/mol. The molecule has 2 unspecified atom stereocenters. The van der Waals surface area contributed by atoms with Gasteiger partial charge >= 0.3 is 0 Å². The molecule has 2 atom stereocenters. The van der Waals surface area contributed by atoms with Gasteiger partial charge in [-0.15, -0.1) is 0 Å². The summed E-state index contributed by atoms with van der Waals surface area (Å²) < 4.78 is 0. The molecule has 2 aliphatic carbocycles. The Morgan fingerprint density at radius 3 is 2.00 bits per heavy atom. The number of hydrogen-bond acceptors (Lipinski definition) is 4. The number of rotatable bonds is 4. The molecule has 0 saturated heterocycles. The third-order valence-corrected chi connectivity index (χ3v) is 7.59. The first-order valence-corrected chi connectivity index (χ1v) is 12.4. The summed E-state index contributed by atoms with van der Waals surface area (Å²) in [5.41, 5.74) is 11.9. The Morgan fingerprint density at radius 1 is 0.882 bits per heavy atom. The van der Waals surface area contributed by atoms with Gasteiger partial charge in [0.25, 0.3) is 0 Å². The Labute approximate surface area is 200 Å². The second-order valence-corrected chi connectivity index (χ2v) is 9.39. The minimum atomic E-state index is 0.125. The molecular formula is C28H34N4O2. The second kappa shape index (κ2) is 9.55. The van der Waals surface area contributed by atoms with Crippen molar-refractivity contribution >= 4 is 29.6 Å². The first-order chi connectivity index (χ1) is 16.7. The van der Waals surface area contributed by atoms with E-state index in [0.717, 1.165) is 67.6 Å². The molecule has 4 aliphatic rings. The lowest BCUT2D eigenvalue weighted by molar-refractivity contribution is -0.103. The first-order valence-electron chi connectivity index (χ1n) is 12.4. The van der Waals surface area contributed by atoms with E-state index >= 15 is 0 Å². The smallest absolute Gasteiger partial charge is 0.151 e. The molecule has 0 radical (unpaired) electrons. The predicted octanol–water partition coefficient (Wildman–Crippen LogP) is 4.93. The molecule has 6 heteroatoms. The highest BCUT2D eigenvalue weighted by Crippen LogP contribution is 2.41. The van der Waals surface area contributed by atoms with Gasteiger partial charge in [-0.05, 0) is 78.8 Å². The van der Waals surface area contributed by atoms with E-state index in [1.54, 1.807) is 0 Å². The topological polar surface area (TPSA) is 92.9 Å². The van der Waals surface area contributed by atoms with E-state index in [2.05, 4.69) is 58.8 Å². The quantitative estimate of drug-likeness (QED) is 0.420. The number of allylic oxidation sites excluding steroid dienone is 3. The van der Waals surface area contributed by atoms with E-state index in [0.29, 0.717) is 11.8 Å². The van der Waals surface area contributed by atoms with Crippen LogP contribution in [0.3, 0.4) is 0 Å². The fourth-order valence-electron chi connectivity index (χ4n) is 5.75. The van der Waals surface area contributed by atoms with Gasteiger partial charge in [-0.2, -0.15) is 0 Å². The van der Waals surface area contributed by atoms with Gasteiger partial charge in [0.2, 0.25) is 0 Å². The molecular weight excluding hydrogens is 424 g/mol. The van der Waals surface area contributed by atoms with Crippen LogP contribution in [-0.4, -0.2) is 28.0 Å². The summed E-state index contributed by atoms with van der Waals surface area (Å²) in [6, 6.07) is 0. The molecule has 6 rings (SSSR count). The summed E-state index contributed by atoms with van der Waals surface area (Å²) in [6.45, 7) is 6.24. The zero-order valence-corrected chi connectivity index (χ0v) is 20.0. The zero-order valence-electron chi connectivity index (χ0n) is 20.0. The second-order valence-electron chi connectivity index (χ2n) is 9.39. The molecule has 2 aliphatic heterocycles. The van der Waals surface area contributed by atoms with Crippen molar-refractivity contribution in [1.29, 1.82) is 0 Å². The SMILES string of the molecule is CCC1CC=C(C=O)c2[nH]c3c(c21)C=CNC3.CCC1CC=C(CO)c2[nH]c3c(c21)C=CNC3. The summed E-state index contributed by atoms with van der Waals surface area (Å²) in [6.07, 6.45) is 17.7. The summed E-state index contributed by atoms with van der Waals surface area (Å²) in [5.74, 6) is 1.12. The molecule has 2 aromatic rings. The Morgan fingerprint density at radius 2 is 1.44 bits per heavy atom. The van der Waals surface area contributed by atoms with Crippen LogP contribution in [0.2, 0.25) is 0 Å². The highest BCUT2D eigenvalue weighted by Gasteiger charge is 2.28. The molecule has 0 fully saturated rings. The molecule has 2 aromatic heterocycles. The number of nitrogens with one attached hydrogen (secondary N) is 4. The lowest BCUT2D eigenvalue weighted by atomic mass is 9.83. The van der Waals surface area contributed by atoms with Crippen LogP contribution in [0.25, 0.3) is 23.3 Å². The summed E-state index contributed by atoms with van der Waals surface area (Å²) in [4.78, 5) is 18.0. The Hall–Kier alpha value is -3.25. The molecule has 34 heavy (non-hydrogen) atoms. The fourth-order valence-corrected chi connectivity index (χ4v) is 5.75. The number of aliphatic hydroxyl groups excluding tert-OH is 1. The number of hydrogen-bond donors (Lipinski definition) is 5. The van der Waals surface area contributed by atoms with Crippen LogP contribution < -0.4 is 10.6 Å². The van der Waals surface area contributed by atoms with Crippen LogP contribution in [0.5, 0.6) is 0 Å². The van der Waals surface area contributed by atoms with Crippen LogP contribution in [0, 0.1) is 0 Å². The van der Waals surface area contributed by atoms with Gasteiger partial charge in [-0.3, -0.25) is 4.79 Å². The Kier molecular flexibility index (Phi) is 6.33. The van der Waals surface area contributed by atoms with Gasteiger partial charge in [0, 0.05) is 33.8 Å². The molecule has 0 spiro atoms. The number of aromatic nitrogens is 2. The average molecular weight is 459 g/mol. The van der Waals surface area contributed by atoms with Crippen molar-refractivity contribution in [3.63, 3.8) is 0 Å². The first kappa shape index (κ1) is 22.5. The molecule has 0 bridgehead atoms. The summed E-state index contributed by atoms with van der Waals surface area (Å²) in [7, 11) is 0. The summed E-state index contributed by atoms with van der Waals surface area (Å²) in [5, 5.41) is 15.9. The minimum Gasteiger partial charge on any atom is -0.392 e. The van der Waals surface area contributed by atoms with Gasteiger partial charge in [0.05, 0.1) is 25.4 Å². The van der Waals surface area contributed by atoms with Crippen molar-refractivity contribution in [2.75, 3.05) is 6.61 Å². The van der Waals surface area contributed by atoms with Crippen LogP contribution in [0.15, 0.2) is 24.6 Å². The highest BCUT2D eigenvalue weighted by molar-refractivity contribution is 6.07. The number of carbonyl (C=O) groups is 1. The van der Waals surface area contributed by atoms with E-state index in [1.165, 1.54) is 33.6 Å². The number of aldehydes is 1. The fraction of sp³-hybridized carbons (Fsp3) is 0.393. The van der Waals surface area contributed by atoms with Gasteiger partial charge < -0.3 is 25.7 Å². The van der Waals surface area contributed by atoms with Crippen LogP contribution in [0.1, 0.15) is 96.4 Å². The molecule has 5 N–H and O–H groups in total. The van der Waals surface area contributed by atoms with E-state index < -0.39 is 0 Å². The van der Waals surface area contributed by atoms with Gasteiger partial charge in [-0.25, -0.2) is 0 Å². The normalized spacial score (nSPS) is 21.4. The maximum Gasteiger partial charge on any atom is 0.151 e. The lowest BCUT2D eigenvalue weighted by Gasteiger charge is -2.22. The van der Waals surface area contributed by atoms with E-state index in [9.17, 15) is 9.90 Å². The molecule has 6 nitrogen and oxygen atoms in total. The maximum absolute atomic E-state index is 11.1. The summed E-state index contributed by atoms with van der Waals surface area (Å²) >= 11 is 0. The van der Waals surface area contributed by atoms with Crippen molar-refractivity contribution in [3.05, 3.63) is 69.6 Å². The van der Waals surface area contributed by atoms with Gasteiger partial charge in [0.1, 0.15) is 0 Å². The lowest BCUT2D eigenvalue weighted by Crippen LogP contribution is -2.11. The zero-order chi connectivity index (χ0) is 23.7. The van der Waals surface area contributed by atoms with E-state index in [-0.39, 0.29) is 6.61 Å². The molecule has 4 heterocycles. The number of carbonyl (C=O) groups excluding carboxylic acids is 1. The Bertz CT molecular complexity index is 1210. The maximum atomic E-state index is 11.1. The molecule has 0 amide bonds. The predicted molar refractivity (Wildman–Crippen MR) is 138 cm³/mol. The largest absolute Gasteiger partial charge is 0.392 e.